The standard InChI is InChI=1S/C16H18N2O4/c1-18(2)12-5-3-6-13(11-12)21-9-10-22-14-7-4-8-17-15(14)16(19)20/h3-8,11H,9-10H2,1-2H3,(H,19,20). The maximum atomic E-state index is 11.0. The average molecular weight is 302 g/mol. The van der Waals surface area contributed by atoms with E-state index >= 15 is 0 Å². The fourth-order valence-corrected chi connectivity index (χ4v) is 1.83. The Balaban J connectivity index is 1.87. The minimum Gasteiger partial charge on any atom is -0.490 e. The van der Waals surface area contributed by atoms with Gasteiger partial charge in [0, 0.05) is 32.0 Å². The van der Waals surface area contributed by atoms with Crippen LogP contribution in [-0.2, 0) is 0 Å². The molecule has 2 rings (SSSR count). The van der Waals surface area contributed by atoms with Crippen LogP contribution >= 0.6 is 0 Å². The number of ether oxygens (including phenoxy) is 2. The quantitative estimate of drug-likeness (QED) is 0.791. The summed E-state index contributed by atoms with van der Waals surface area (Å²) in [5, 5.41) is 9.00. The molecule has 1 aromatic carbocycles. The summed E-state index contributed by atoms with van der Waals surface area (Å²) >= 11 is 0. The third-order valence-electron chi connectivity index (χ3n) is 2.92. The molecule has 0 amide bonds. The second kappa shape index (κ2) is 7.31. The third-order valence-corrected chi connectivity index (χ3v) is 2.92. The summed E-state index contributed by atoms with van der Waals surface area (Å²) in [4.78, 5) is 16.8. The van der Waals surface area contributed by atoms with Gasteiger partial charge >= 0.3 is 5.97 Å². The molecule has 0 atom stereocenters. The van der Waals surface area contributed by atoms with E-state index in [1.54, 1.807) is 12.1 Å². The van der Waals surface area contributed by atoms with Gasteiger partial charge in [-0.05, 0) is 24.3 Å². The lowest BCUT2D eigenvalue weighted by Gasteiger charge is -2.14. The highest BCUT2D eigenvalue weighted by Gasteiger charge is 2.11. The molecule has 0 aliphatic rings. The number of anilines is 1. The maximum Gasteiger partial charge on any atom is 0.358 e. The molecule has 0 aliphatic carbocycles. The van der Waals surface area contributed by atoms with Gasteiger partial charge in [-0.3, -0.25) is 0 Å². The number of aromatic carboxylic acids is 1. The Hall–Kier alpha value is -2.76. The van der Waals surface area contributed by atoms with Gasteiger partial charge in [0.25, 0.3) is 0 Å². The highest BCUT2D eigenvalue weighted by molar-refractivity contribution is 5.88. The Morgan fingerprint density at radius 3 is 2.68 bits per heavy atom. The smallest absolute Gasteiger partial charge is 0.358 e. The zero-order valence-corrected chi connectivity index (χ0v) is 12.5. The van der Waals surface area contributed by atoms with Gasteiger partial charge in [0.05, 0.1) is 0 Å². The fraction of sp³-hybridized carbons (Fsp3) is 0.250. The molecular formula is C16H18N2O4. The van der Waals surface area contributed by atoms with Crippen molar-refractivity contribution in [2.24, 2.45) is 0 Å². The van der Waals surface area contributed by atoms with Gasteiger partial charge in [-0.2, -0.15) is 0 Å². The van der Waals surface area contributed by atoms with Crippen LogP contribution in [0.5, 0.6) is 11.5 Å². The lowest BCUT2D eigenvalue weighted by molar-refractivity contribution is 0.0684. The van der Waals surface area contributed by atoms with Crippen molar-refractivity contribution in [2.75, 3.05) is 32.2 Å². The molecule has 116 valence electrons. The molecule has 0 spiro atoms. The monoisotopic (exact) mass is 302 g/mol. The Kier molecular flexibility index (Phi) is 5.19. The maximum absolute atomic E-state index is 11.0. The van der Waals surface area contributed by atoms with E-state index < -0.39 is 5.97 Å². The highest BCUT2D eigenvalue weighted by atomic mass is 16.5. The van der Waals surface area contributed by atoms with E-state index in [1.807, 2.05) is 43.3 Å². The van der Waals surface area contributed by atoms with E-state index in [9.17, 15) is 4.79 Å². The molecule has 6 nitrogen and oxygen atoms in total. The molecule has 2 aromatic rings. The van der Waals surface area contributed by atoms with Gasteiger partial charge < -0.3 is 19.5 Å². The number of carboxylic acid groups (broad SMARTS) is 1. The SMILES string of the molecule is CN(C)c1cccc(OCCOc2cccnc2C(=O)O)c1. The van der Waals surface area contributed by atoms with Crippen LogP contribution < -0.4 is 14.4 Å². The Labute approximate surface area is 128 Å². The van der Waals surface area contributed by atoms with Crippen LogP contribution in [0.3, 0.4) is 0 Å². The molecular weight excluding hydrogens is 284 g/mol. The van der Waals surface area contributed by atoms with Gasteiger partial charge in [0.15, 0.2) is 11.4 Å². The number of pyridine rings is 1. The molecule has 0 saturated heterocycles. The van der Waals surface area contributed by atoms with E-state index in [-0.39, 0.29) is 18.1 Å². The van der Waals surface area contributed by atoms with Crippen molar-refractivity contribution >= 4 is 11.7 Å². The lowest BCUT2D eigenvalue weighted by Crippen LogP contribution is -2.12. The van der Waals surface area contributed by atoms with Gasteiger partial charge in [-0.1, -0.05) is 6.07 Å². The second-order valence-electron chi connectivity index (χ2n) is 4.74. The van der Waals surface area contributed by atoms with Gasteiger partial charge in [-0.25, -0.2) is 9.78 Å². The van der Waals surface area contributed by atoms with Crippen molar-refractivity contribution < 1.29 is 19.4 Å². The molecule has 6 heteroatoms. The average Bonchev–Trinajstić information content (AvgIpc) is 2.52. The first kappa shape index (κ1) is 15.6. The number of aromatic nitrogens is 1. The van der Waals surface area contributed by atoms with Crippen LogP contribution in [0.4, 0.5) is 5.69 Å². The Bertz CT molecular complexity index is 644. The summed E-state index contributed by atoms with van der Waals surface area (Å²) in [6.07, 6.45) is 1.42. The van der Waals surface area contributed by atoms with Crippen LogP contribution in [0.15, 0.2) is 42.6 Å². The predicted octanol–water partition coefficient (Wildman–Crippen LogP) is 2.30. The zero-order chi connectivity index (χ0) is 15.9. The summed E-state index contributed by atoms with van der Waals surface area (Å²) in [7, 11) is 3.91. The number of nitrogens with zero attached hydrogens (tertiary/aromatic N) is 2. The molecule has 0 radical (unpaired) electrons. The van der Waals surface area contributed by atoms with E-state index in [2.05, 4.69) is 4.98 Å². The van der Waals surface area contributed by atoms with Crippen molar-refractivity contribution in [3.63, 3.8) is 0 Å². The summed E-state index contributed by atoms with van der Waals surface area (Å²) in [5.74, 6) is -0.143. The normalized spacial score (nSPS) is 10.1. The number of hydrogen-bond acceptors (Lipinski definition) is 5. The molecule has 0 unspecified atom stereocenters. The van der Waals surface area contributed by atoms with E-state index in [0.29, 0.717) is 6.61 Å². The number of rotatable bonds is 7. The summed E-state index contributed by atoms with van der Waals surface area (Å²) in [5.41, 5.74) is 0.941. The Morgan fingerprint density at radius 2 is 1.95 bits per heavy atom. The molecule has 1 heterocycles. The molecule has 1 aromatic heterocycles. The van der Waals surface area contributed by atoms with Crippen LogP contribution in [0.2, 0.25) is 0 Å². The summed E-state index contributed by atoms with van der Waals surface area (Å²) in [6.45, 7) is 0.545. The number of carboxylic acids is 1. The van der Waals surface area contributed by atoms with Crippen LogP contribution in [0, 0.1) is 0 Å². The minimum atomic E-state index is -1.12. The van der Waals surface area contributed by atoms with Crippen molar-refractivity contribution in [3.8, 4) is 11.5 Å². The first-order chi connectivity index (χ1) is 10.6. The molecule has 0 fully saturated rings. The Morgan fingerprint density at radius 1 is 1.18 bits per heavy atom. The number of carbonyl (C=O) groups is 1. The van der Waals surface area contributed by atoms with Crippen LogP contribution in [-0.4, -0.2) is 43.4 Å². The molecule has 22 heavy (non-hydrogen) atoms. The van der Waals surface area contributed by atoms with Crippen LogP contribution in [0.1, 0.15) is 10.5 Å². The van der Waals surface area contributed by atoms with E-state index in [1.165, 1.54) is 6.20 Å². The first-order valence-electron chi connectivity index (χ1n) is 6.79. The predicted molar refractivity (Wildman–Crippen MR) is 83.0 cm³/mol. The third kappa shape index (κ3) is 4.12. The van der Waals surface area contributed by atoms with Gasteiger partial charge in [0.1, 0.15) is 19.0 Å². The second-order valence-corrected chi connectivity index (χ2v) is 4.74. The largest absolute Gasteiger partial charge is 0.490 e. The minimum absolute atomic E-state index is 0.0999. The lowest BCUT2D eigenvalue weighted by atomic mass is 10.3. The fourth-order valence-electron chi connectivity index (χ4n) is 1.83. The van der Waals surface area contributed by atoms with Crippen molar-refractivity contribution in [1.29, 1.82) is 0 Å². The van der Waals surface area contributed by atoms with Crippen molar-refractivity contribution in [2.45, 2.75) is 0 Å². The topological polar surface area (TPSA) is 71.9 Å². The van der Waals surface area contributed by atoms with Crippen LogP contribution in [0.25, 0.3) is 0 Å². The first-order valence-corrected chi connectivity index (χ1v) is 6.79. The van der Waals surface area contributed by atoms with Gasteiger partial charge in [0.2, 0.25) is 0 Å². The molecule has 0 saturated carbocycles. The molecule has 1 N–H and O–H groups in total. The molecule has 0 bridgehead atoms. The van der Waals surface area contributed by atoms with Crippen molar-refractivity contribution in [1.82, 2.24) is 4.98 Å². The summed E-state index contributed by atoms with van der Waals surface area (Å²) in [6, 6.07) is 10.9. The summed E-state index contributed by atoms with van der Waals surface area (Å²) < 4.78 is 11.0. The highest BCUT2D eigenvalue weighted by Crippen LogP contribution is 2.19. The zero-order valence-electron chi connectivity index (χ0n) is 12.5. The van der Waals surface area contributed by atoms with Gasteiger partial charge in [-0.15, -0.1) is 0 Å². The number of hydrogen-bond donors (Lipinski definition) is 1. The number of benzene rings is 1. The van der Waals surface area contributed by atoms with E-state index in [0.717, 1.165) is 11.4 Å². The molecule has 0 aliphatic heterocycles. The van der Waals surface area contributed by atoms with Crippen molar-refractivity contribution in [3.05, 3.63) is 48.3 Å². The van der Waals surface area contributed by atoms with E-state index in [4.69, 9.17) is 14.6 Å².